The van der Waals surface area contributed by atoms with E-state index in [1.54, 1.807) is 0 Å². The van der Waals surface area contributed by atoms with Crippen LogP contribution in [0.1, 0.15) is 68.1 Å². The SMILES string of the molecule is CCN(Cc1c(C(=O)NC2CCCC(O)C2)noc1-c1ccc(C(F)(F)F)c(F)c1)C(C)C. The molecule has 1 aromatic heterocycles. The van der Waals surface area contributed by atoms with Crippen LogP contribution in [0.2, 0.25) is 0 Å². The van der Waals surface area contributed by atoms with Crippen molar-refractivity contribution in [3.05, 3.63) is 40.8 Å². The summed E-state index contributed by atoms with van der Waals surface area (Å²) in [4.78, 5) is 15.0. The van der Waals surface area contributed by atoms with E-state index in [1.165, 1.54) is 0 Å². The van der Waals surface area contributed by atoms with Crippen LogP contribution in [-0.4, -0.2) is 45.8 Å². The molecular weight excluding hydrogens is 442 g/mol. The van der Waals surface area contributed by atoms with E-state index in [0.29, 0.717) is 31.0 Å². The highest BCUT2D eigenvalue weighted by Gasteiger charge is 2.35. The summed E-state index contributed by atoms with van der Waals surface area (Å²) in [6, 6.07) is 2.40. The molecule has 2 N–H and O–H groups in total. The van der Waals surface area contributed by atoms with Crippen LogP contribution < -0.4 is 5.32 Å². The summed E-state index contributed by atoms with van der Waals surface area (Å²) in [6.07, 6.45) is -2.68. The molecule has 2 aromatic rings. The molecule has 2 unspecified atom stereocenters. The molecule has 1 heterocycles. The molecule has 1 fully saturated rings. The molecule has 1 aromatic carbocycles. The third-order valence-electron chi connectivity index (χ3n) is 6.02. The summed E-state index contributed by atoms with van der Waals surface area (Å²) in [5, 5.41) is 16.7. The average Bonchev–Trinajstić information content (AvgIpc) is 3.14. The van der Waals surface area contributed by atoms with Crippen molar-refractivity contribution in [1.82, 2.24) is 15.4 Å². The summed E-state index contributed by atoms with van der Waals surface area (Å²) in [7, 11) is 0. The Morgan fingerprint density at radius 3 is 2.64 bits per heavy atom. The van der Waals surface area contributed by atoms with Crippen LogP contribution in [0, 0.1) is 5.82 Å². The van der Waals surface area contributed by atoms with Gasteiger partial charge >= 0.3 is 6.18 Å². The van der Waals surface area contributed by atoms with Crippen molar-refractivity contribution < 1.29 is 32.0 Å². The Balaban J connectivity index is 1.98. The maximum Gasteiger partial charge on any atom is 0.419 e. The van der Waals surface area contributed by atoms with Gasteiger partial charge in [-0.15, -0.1) is 0 Å². The smallest absolute Gasteiger partial charge is 0.393 e. The van der Waals surface area contributed by atoms with E-state index >= 15 is 0 Å². The number of alkyl halides is 3. The molecule has 0 radical (unpaired) electrons. The number of carbonyl (C=O) groups excluding carboxylic acids is 1. The van der Waals surface area contributed by atoms with Gasteiger partial charge in [0.2, 0.25) is 0 Å². The molecule has 1 aliphatic rings. The number of hydrogen-bond donors (Lipinski definition) is 2. The molecule has 10 heteroatoms. The van der Waals surface area contributed by atoms with E-state index in [1.807, 2.05) is 25.7 Å². The number of aromatic nitrogens is 1. The molecule has 182 valence electrons. The Kier molecular flexibility index (Phi) is 7.79. The van der Waals surface area contributed by atoms with E-state index < -0.39 is 29.6 Å². The zero-order valence-electron chi connectivity index (χ0n) is 18.9. The topological polar surface area (TPSA) is 78.6 Å². The number of aliphatic hydroxyl groups is 1. The van der Waals surface area contributed by atoms with Crippen LogP contribution in [0.3, 0.4) is 0 Å². The Morgan fingerprint density at radius 1 is 1.33 bits per heavy atom. The summed E-state index contributed by atoms with van der Waals surface area (Å²) >= 11 is 0. The van der Waals surface area contributed by atoms with Crippen molar-refractivity contribution in [2.75, 3.05) is 6.54 Å². The van der Waals surface area contributed by atoms with Gasteiger partial charge < -0.3 is 14.9 Å². The molecule has 6 nitrogen and oxygen atoms in total. The predicted molar refractivity (Wildman–Crippen MR) is 114 cm³/mol. The van der Waals surface area contributed by atoms with Crippen LogP contribution >= 0.6 is 0 Å². The number of hydrogen-bond acceptors (Lipinski definition) is 5. The maximum absolute atomic E-state index is 14.2. The number of benzene rings is 1. The third kappa shape index (κ3) is 5.92. The largest absolute Gasteiger partial charge is 0.419 e. The lowest BCUT2D eigenvalue weighted by molar-refractivity contribution is -0.139. The Bertz CT molecular complexity index is 974. The van der Waals surface area contributed by atoms with Crippen molar-refractivity contribution in [2.45, 2.75) is 77.4 Å². The lowest BCUT2D eigenvalue weighted by Gasteiger charge is -2.27. The van der Waals surface area contributed by atoms with Gasteiger partial charge in [-0.2, -0.15) is 13.2 Å². The monoisotopic (exact) mass is 471 g/mol. The molecule has 1 aliphatic carbocycles. The van der Waals surface area contributed by atoms with Crippen molar-refractivity contribution in [3.8, 4) is 11.3 Å². The summed E-state index contributed by atoms with van der Waals surface area (Å²) in [6.45, 7) is 6.76. The molecule has 0 saturated heterocycles. The Hall–Kier alpha value is -2.46. The fourth-order valence-electron chi connectivity index (χ4n) is 4.16. The first kappa shape index (κ1) is 25.2. The van der Waals surface area contributed by atoms with Crippen LogP contribution in [0.15, 0.2) is 22.7 Å². The van der Waals surface area contributed by atoms with Gasteiger partial charge in [-0.05, 0) is 58.2 Å². The van der Waals surface area contributed by atoms with E-state index in [0.717, 1.165) is 25.0 Å². The van der Waals surface area contributed by atoms with Gasteiger partial charge in [0, 0.05) is 29.8 Å². The summed E-state index contributed by atoms with van der Waals surface area (Å²) in [5.74, 6) is -1.87. The molecule has 0 spiro atoms. The first-order chi connectivity index (χ1) is 15.5. The first-order valence-corrected chi connectivity index (χ1v) is 11.1. The van der Waals surface area contributed by atoms with Gasteiger partial charge in [-0.3, -0.25) is 9.69 Å². The molecule has 2 atom stereocenters. The molecule has 1 saturated carbocycles. The quantitative estimate of drug-likeness (QED) is 0.569. The average molecular weight is 471 g/mol. The normalized spacial score (nSPS) is 19.3. The Labute approximate surface area is 189 Å². The number of halogens is 4. The standard InChI is InChI=1S/C23H29F4N3O3/c1-4-30(13(2)3)12-17-20(22(32)28-15-6-5-7-16(31)11-15)29-33-21(17)14-8-9-18(19(24)10-14)23(25,26)27/h8-10,13,15-16,31H,4-7,11-12H2,1-3H3,(H,28,32). The van der Waals surface area contributed by atoms with Gasteiger partial charge in [-0.1, -0.05) is 18.1 Å². The molecule has 1 amide bonds. The lowest BCUT2D eigenvalue weighted by Crippen LogP contribution is -2.40. The highest BCUT2D eigenvalue weighted by molar-refractivity contribution is 5.95. The maximum atomic E-state index is 14.2. The molecule has 0 aliphatic heterocycles. The van der Waals surface area contributed by atoms with Crippen molar-refractivity contribution in [2.24, 2.45) is 0 Å². The number of nitrogens with zero attached hydrogens (tertiary/aromatic N) is 2. The van der Waals surface area contributed by atoms with Crippen LogP contribution in [0.5, 0.6) is 0 Å². The fourth-order valence-corrected chi connectivity index (χ4v) is 4.16. The molecular formula is C23H29F4N3O3. The summed E-state index contributed by atoms with van der Waals surface area (Å²) in [5.41, 5.74) is -0.934. The minimum atomic E-state index is -4.82. The van der Waals surface area contributed by atoms with E-state index in [2.05, 4.69) is 10.5 Å². The second-order valence-electron chi connectivity index (χ2n) is 8.68. The van der Waals surface area contributed by atoms with Crippen LogP contribution in [0.25, 0.3) is 11.3 Å². The van der Waals surface area contributed by atoms with E-state index in [4.69, 9.17) is 4.52 Å². The molecule has 0 bridgehead atoms. The van der Waals surface area contributed by atoms with E-state index in [-0.39, 0.29) is 35.6 Å². The van der Waals surface area contributed by atoms with Crippen LogP contribution in [0.4, 0.5) is 17.6 Å². The predicted octanol–water partition coefficient (Wildman–Crippen LogP) is 4.76. The second kappa shape index (κ2) is 10.2. The van der Waals surface area contributed by atoms with Gasteiger partial charge in [0.1, 0.15) is 5.82 Å². The minimum absolute atomic E-state index is 0.00414. The molecule has 33 heavy (non-hydrogen) atoms. The first-order valence-electron chi connectivity index (χ1n) is 11.1. The number of rotatable bonds is 7. The Morgan fingerprint density at radius 2 is 2.06 bits per heavy atom. The third-order valence-corrected chi connectivity index (χ3v) is 6.02. The highest BCUT2D eigenvalue weighted by Crippen LogP contribution is 2.35. The number of nitrogens with one attached hydrogen (secondary N) is 1. The van der Waals surface area contributed by atoms with Gasteiger partial charge in [0.15, 0.2) is 11.5 Å². The zero-order chi connectivity index (χ0) is 24.3. The lowest BCUT2D eigenvalue weighted by atomic mass is 9.93. The number of amides is 1. The van der Waals surface area contributed by atoms with Crippen molar-refractivity contribution in [1.29, 1.82) is 0 Å². The van der Waals surface area contributed by atoms with Gasteiger partial charge in [-0.25, -0.2) is 4.39 Å². The van der Waals surface area contributed by atoms with Gasteiger partial charge in [0.05, 0.1) is 11.7 Å². The van der Waals surface area contributed by atoms with E-state index in [9.17, 15) is 27.5 Å². The highest BCUT2D eigenvalue weighted by atomic mass is 19.4. The summed E-state index contributed by atoms with van der Waals surface area (Å²) < 4.78 is 58.5. The van der Waals surface area contributed by atoms with Crippen LogP contribution in [-0.2, 0) is 12.7 Å². The van der Waals surface area contributed by atoms with Gasteiger partial charge in [0.25, 0.3) is 5.91 Å². The number of aliphatic hydroxyl groups excluding tert-OH is 1. The molecule has 3 rings (SSSR count). The number of carbonyl (C=O) groups is 1. The van der Waals surface area contributed by atoms with Crippen molar-refractivity contribution >= 4 is 5.91 Å². The second-order valence-corrected chi connectivity index (χ2v) is 8.68. The fraction of sp³-hybridized carbons (Fsp3) is 0.565. The minimum Gasteiger partial charge on any atom is -0.393 e. The zero-order valence-corrected chi connectivity index (χ0v) is 18.9. The van der Waals surface area contributed by atoms with Crippen molar-refractivity contribution in [3.63, 3.8) is 0 Å².